The SMILES string of the molecule is CCOc1ccccc1NC(C)C(=O)Nc1ccc(Cl)c(C(F)(F)F)c1. The summed E-state index contributed by atoms with van der Waals surface area (Å²) in [5.41, 5.74) is -0.373. The predicted molar refractivity (Wildman–Crippen MR) is 95.8 cm³/mol. The monoisotopic (exact) mass is 386 g/mol. The van der Waals surface area contributed by atoms with Crippen molar-refractivity contribution in [2.24, 2.45) is 0 Å². The van der Waals surface area contributed by atoms with E-state index >= 15 is 0 Å². The summed E-state index contributed by atoms with van der Waals surface area (Å²) in [6, 6.07) is 9.60. The molecule has 1 unspecified atom stereocenters. The quantitative estimate of drug-likeness (QED) is 0.717. The van der Waals surface area contributed by atoms with Crippen molar-refractivity contribution in [3.05, 3.63) is 53.1 Å². The number of anilines is 2. The molecule has 0 bridgehead atoms. The second-order valence-corrected chi connectivity index (χ2v) is 5.88. The molecule has 0 aliphatic carbocycles. The Kier molecular flexibility index (Phi) is 6.37. The third-order valence-corrected chi connectivity index (χ3v) is 3.82. The maximum atomic E-state index is 12.9. The second-order valence-electron chi connectivity index (χ2n) is 5.48. The Labute approximate surface area is 154 Å². The first kappa shape index (κ1) is 19.9. The molecule has 0 aliphatic heterocycles. The summed E-state index contributed by atoms with van der Waals surface area (Å²) < 4.78 is 44.2. The van der Waals surface area contributed by atoms with Crippen molar-refractivity contribution >= 4 is 28.9 Å². The van der Waals surface area contributed by atoms with Gasteiger partial charge in [-0.3, -0.25) is 4.79 Å². The molecule has 0 heterocycles. The summed E-state index contributed by atoms with van der Waals surface area (Å²) in [4.78, 5) is 12.3. The molecule has 0 saturated carbocycles. The highest BCUT2D eigenvalue weighted by Crippen LogP contribution is 2.36. The van der Waals surface area contributed by atoms with Gasteiger partial charge < -0.3 is 15.4 Å². The van der Waals surface area contributed by atoms with Crippen LogP contribution in [0.25, 0.3) is 0 Å². The predicted octanol–water partition coefficient (Wildman–Crippen LogP) is 5.20. The zero-order chi connectivity index (χ0) is 19.3. The fourth-order valence-electron chi connectivity index (χ4n) is 2.24. The minimum atomic E-state index is -4.60. The van der Waals surface area contributed by atoms with Crippen LogP contribution in [0.1, 0.15) is 19.4 Å². The number of rotatable bonds is 6. The lowest BCUT2D eigenvalue weighted by Gasteiger charge is -2.18. The molecule has 2 aromatic carbocycles. The van der Waals surface area contributed by atoms with Gasteiger partial charge in [-0.25, -0.2) is 0 Å². The molecule has 140 valence electrons. The molecule has 0 radical (unpaired) electrons. The third kappa shape index (κ3) is 5.05. The summed E-state index contributed by atoms with van der Waals surface area (Å²) in [6.07, 6.45) is -4.60. The van der Waals surface area contributed by atoms with Gasteiger partial charge >= 0.3 is 6.18 Å². The topological polar surface area (TPSA) is 50.4 Å². The molecule has 26 heavy (non-hydrogen) atoms. The summed E-state index contributed by atoms with van der Waals surface area (Å²) in [5.74, 6) is 0.0900. The Morgan fingerprint density at radius 2 is 1.92 bits per heavy atom. The molecule has 0 aromatic heterocycles. The Bertz CT molecular complexity index is 781. The van der Waals surface area contributed by atoms with E-state index in [9.17, 15) is 18.0 Å². The van der Waals surface area contributed by atoms with Gasteiger partial charge in [-0.15, -0.1) is 0 Å². The van der Waals surface area contributed by atoms with Crippen LogP contribution in [0.15, 0.2) is 42.5 Å². The summed E-state index contributed by atoms with van der Waals surface area (Å²) >= 11 is 5.58. The van der Waals surface area contributed by atoms with Gasteiger partial charge in [-0.1, -0.05) is 23.7 Å². The minimum Gasteiger partial charge on any atom is -0.492 e. The van der Waals surface area contributed by atoms with E-state index in [1.807, 2.05) is 6.92 Å². The molecule has 1 amide bonds. The molecule has 0 spiro atoms. The number of amides is 1. The van der Waals surface area contributed by atoms with E-state index in [4.69, 9.17) is 16.3 Å². The lowest BCUT2D eigenvalue weighted by molar-refractivity contribution is -0.137. The van der Waals surface area contributed by atoms with E-state index in [-0.39, 0.29) is 5.69 Å². The van der Waals surface area contributed by atoms with Gasteiger partial charge in [0.25, 0.3) is 0 Å². The van der Waals surface area contributed by atoms with Crippen molar-refractivity contribution in [2.45, 2.75) is 26.1 Å². The molecular weight excluding hydrogens is 369 g/mol. The summed E-state index contributed by atoms with van der Waals surface area (Å²) in [5, 5.41) is 5.01. The Morgan fingerprint density at radius 1 is 1.23 bits per heavy atom. The first-order valence-electron chi connectivity index (χ1n) is 7.88. The standard InChI is InChI=1S/C18H18ClF3N2O2/c1-3-26-16-7-5-4-6-15(16)23-11(2)17(25)24-12-8-9-14(19)13(10-12)18(20,21)22/h4-11,23H,3H2,1-2H3,(H,24,25). The van der Waals surface area contributed by atoms with E-state index in [0.717, 1.165) is 12.1 Å². The number of hydrogen-bond acceptors (Lipinski definition) is 3. The molecule has 2 N–H and O–H groups in total. The Morgan fingerprint density at radius 3 is 2.58 bits per heavy atom. The maximum Gasteiger partial charge on any atom is 0.417 e. The van der Waals surface area contributed by atoms with Crippen molar-refractivity contribution in [1.29, 1.82) is 0 Å². The highest BCUT2D eigenvalue weighted by atomic mass is 35.5. The van der Waals surface area contributed by atoms with E-state index in [1.54, 1.807) is 31.2 Å². The van der Waals surface area contributed by atoms with Crippen LogP contribution in [0.3, 0.4) is 0 Å². The number of alkyl halides is 3. The van der Waals surface area contributed by atoms with Crippen molar-refractivity contribution in [3.63, 3.8) is 0 Å². The van der Waals surface area contributed by atoms with E-state index in [0.29, 0.717) is 18.0 Å². The third-order valence-electron chi connectivity index (χ3n) is 3.49. The van der Waals surface area contributed by atoms with Gasteiger partial charge in [0.2, 0.25) is 5.91 Å². The molecule has 4 nitrogen and oxygen atoms in total. The summed E-state index contributed by atoms with van der Waals surface area (Å²) in [7, 11) is 0. The van der Waals surface area contributed by atoms with Crippen LogP contribution in [0, 0.1) is 0 Å². The average Bonchev–Trinajstić information content (AvgIpc) is 2.57. The van der Waals surface area contributed by atoms with Crippen molar-refractivity contribution < 1.29 is 22.7 Å². The fraction of sp³-hybridized carbons (Fsp3) is 0.278. The lowest BCUT2D eigenvalue weighted by Crippen LogP contribution is -2.32. The van der Waals surface area contributed by atoms with Gasteiger partial charge in [0.15, 0.2) is 0 Å². The molecule has 8 heteroatoms. The molecular formula is C18H18ClF3N2O2. The van der Waals surface area contributed by atoms with Crippen molar-refractivity contribution in [2.75, 3.05) is 17.2 Å². The zero-order valence-electron chi connectivity index (χ0n) is 14.2. The molecule has 1 atom stereocenters. The van der Waals surface area contributed by atoms with Gasteiger partial charge in [0.1, 0.15) is 11.8 Å². The summed E-state index contributed by atoms with van der Waals surface area (Å²) in [6.45, 7) is 3.90. The smallest absolute Gasteiger partial charge is 0.417 e. The van der Waals surface area contributed by atoms with Crippen molar-refractivity contribution in [1.82, 2.24) is 0 Å². The zero-order valence-corrected chi connectivity index (χ0v) is 14.9. The highest BCUT2D eigenvalue weighted by molar-refractivity contribution is 6.31. The highest BCUT2D eigenvalue weighted by Gasteiger charge is 2.33. The van der Waals surface area contributed by atoms with E-state index in [2.05, 4.69) is 10.6 Å². The Balaban J connectivity index is 2.11. The first-order valence-corrected chi connectivity index (χ1v) is 8.26. The Hall–Kier alpha value is -2.41. The molecule has 0 fully saturated rings. The van der Waals surface area contributed by atoms with Gasteiger partial charge in [-0.05, 0) is 44.2 Å². The van der Waals surface area contributed by atoms with Crippen LogP contribution in [0.4, 0.5) is 24.5 Å². The maximum absolute atomic E-state index is 12.9. The number of hydrogen-bond donors (Lipinski definition) is 2. The molecule has 2 aromatic rings. The first-order chi connectivity index (χ1) is 12.2. The van der Waals surface area contributed by atoms with Crippen LogP contribution in [-0.2, 0) is 11.0 Å². The number of halogens is 4. The van der Waals surface area contributed by atoms with E-state index in [1.165, 1.54) is 6.07 Å². The largest absolute Gasteiger partial charge is 0.492 e. The van der Waals surface area contributed by atoms with Gasteiger partial charge in [-0.2, -0.15) is 13.2 Å². The van der Waals surface area contributed by atoms with Crippen LogP contribution in [-0.4, -0.2) is 18.6 Å². The second kappa shape index (κ2) is 8.31. The normalized spacial score (nSPS) is 12.4. The number of ether oxygens (including phenoxy) is 1. The van der Waals surface area contributed by atoms with Crippen molar-refractivity contribution in [3.8, 4) is 5.75 Å². The fourth-order valence-corrected chi connectivity index (χ4v) is 2.46. The van der Waals surface area contributed by atoms with E-state index < -0.39 is 28.7 Å². The van der Waals surface area contributed by atoms with Crippen LogP contribution >= 0.6 is 11.6 Å². The van der Waals surface area contributed by atoms with Crippen LogP contribution in [0.5, 0.6) is 5.75 Å². The minimum absolute atomic E-state index is 0.0125. The number of carbonyl (C=O) groups excluding carboxylic acids is 1. The average molecular weight is 387 g/mol. The number of benzene rings is 2. The van der Waals surface area contributed by atoms with Gasteiger partial charge in [0, 0.05) is 5.69 Å². The molecule has 0 saturated heterocycles. The van der Waals surface area contributed by atoms with Gasteiger partial charge in [0.05, 0.1) is 22.9 Å². The lowest BCUT2D eigenvalue weighted by atomic mass is 10.2. The molecule has 0 aliphatic rings. The van der Waals surface area contributed by atoms with Crippen LogP contribution < -0.4 is 15.4 Å². The number of nitrogens with one attached hydrogen (secondary N) is 2. The number of carbonyl (C=O) groups is 1. The number of para-hydroxylation sites is 2. The molecule has 2 rings (SSSR count). The van der Waals surface area contributed by atoms with Crippen LogP contribution in [0.2, 0.25) is 5.02 Å².